The summed E-state index contributed by atoms with van der Waals surface area (Å²) in [4.78, 5) is 28.3. The highest BCUT2D eigenvalue weighted by Gasteiger charge is 2.24. The van der Waals surface area contributed by atoms with E-state index in [1.165, 1.54) is 5.56 Å². The first-order valence-corrected chi connectivity index (χ1v) is 14.9. The van der Waals surface area contributed by atoms with Crippen molar-refractivity contribution in [3.05, 3.63) is 108 Å². The molecule has 2 N–H and O–H groups in total. The van der Waals surface area contributed by atoms with E-state index in [9.17, 15) is 4.79 Å². The van der Waals surface area contributed by atoms with Crippen LogP contribution in [0.5, 0.6) is 5.88 Å². The number of fused-ring (bicyclic) bond motifs is 1. The highest BCUT2D eigenvalue weighted by molar-refractivity contribution is 5.84. The first-order valence-electron chi connectivity index (χ1n) is 14.9. The molecule has 0 saturated carbocycles. The molecular weight excluding hydrogens is 550 g/mol. The van der Waals surface area contributed by atoms with E-state index >= 15 is 0 Å². The highest BCUT2D eigenvalue weighted by Crippen LogP contribution is 2.36. The minimum Gasteiger partial charge on any atom is -0.481 e. The first-order chi connectivity index (χ1) is 21.7. The van der Waals surface area contributed by atoms with Gasteiger partial charge >= 0.3 is 0 Å². The number of methoxy groups -OCH3 is 1. The van der Waals surface area contributed by atoms with Gasteiger partial charge in [-0.3, -0.25) is 10.00 Å². The van der Waals surface area contributed by atoms with Crippen LogP contribution in [0.25, 0.3) is 39.8 Å². The van der Waals surface area contributed by atoms with Crippen molar-refractivity contribution >= 4 is 12.4 Å². The van der Waals surface area contributed by atoms with Gasteiger partial charge in [0, 0.05) is 47.0 Å². The fraction of sp³-hybridized carbons (Fsp3) is 0.229. The Morgan fingerprint density at radius 3 is 2.48 bits per heavy atom. The maximum Gasteiger partial charge on any atom is 0.212 e. The van der Waals surface area contributed by atoms with Crippen molar-refractivity contribution in [2.24, 2.45) is 0 Å². The lowest BCUT2D eigenvalue weighted by Gasteiger charge is -2.31. The molecule has 1 fully saturated rings. The summed E-state index contributed by atoms with van der Waals surface area (Å²) in [7, 11) is 1.60. The fourth-order valence-electron chi connectivity index (χ4n) is 6.03. The molecule has 9 nitrogen and oxygen atoms in total. The number of aromatic amines is 1. The van der Waals surface area contributed by atoms with Crippen LogP contribution < -0.4 is 10.1 Å². The number of piperidine rings is 1. The second kappa shape index (κ2) is 12.2. The Morgan fingerprint density at radius 2 is 1.75 bits per heavy atom. The summed E-state index contributed by atoms with van der Waals surface area (Å²) in [5, 5.41) is 10.7. The van der Waals surface area contributed by atoms with Gasteiger partial charge in [-0.05, 0) is 61.5 Å². The topological polar surface area (TPSA) is 109 Å². The number of hydrogen-bond donors (Lipinski definition) is 2. The number of aromatic nitrogens is 5. The van der Waals surface area contributed by atoms with Crippen LogP contribution in [0.1, 0.15) is 47.4 Å². The summed E-state index contributed by atoms with van der Waals surface area (Å²) in [6, 6.07) is 24.4. The number of nitrogens with one attached hydrogen (secondary N) is 2. The average molecular weight is 584 g/mol. The second-order valence-corrected chi connectivity index (χ2v) is 11.2. The minimum absolute atomic E-state index is 0.357. The number of carbonyl (C=O) groups is 1. The smallest absolute Gasteiger partial charge is 0.212 e. The third-order valence-corrected chi connectivity index (χ3v) is 8.47. The van der Waals surface area contributed by atoms with Crippen molar-refractivity contribution in [2.75, 3.05) is 20.2 Å². The van der Waals surface area contributed by atoms with E-state index in [0.29, 0.717) is 17.6 Å². The number of carbonyl (C=O) groups excluding carboxylic acids is 1. The molecule has 2 aromatic carbocycles. The molecule has 220 valence electrons. The van der Waals surface area contributed by atoms with E-state index in [-0.39, 0.29) is 0 Å². The zero-order valence-electron chi connectivity index (χ0n) is 24.5. The van der Waals surface area contributed by atoms with Gasteiger partial charge in [-0.15, -0.1) is 0 Å². The van der Waals surface area contributed by atoms with Crippen LogP contribution in [0.2, 0.25) is 0 Å². The predicted octanol–water partition coefficient (Wildman–Crippen LogP) is 5.80. The van der Waals surface area contributed by atoms with Crippen LogP contribution in [0.15, 0.2) is 85.2 Å². The Morgan fingerprint density at radius 1 is 0.955 bits per heavy atom. The maximum atomic E-state index is 11.7. The Bertz CT molecular complexity index is 1770. The lowest BCUT2D eigenvalue weighted by Crippen LogP contribution is -2.32. The van der Waals surface area contributed by atoms with Crippen LogP contribution >= 0.6 is 0 Å². The standard InChI is InChI=1S/C35H33N7O2/c1-44-32-12-11-27(20-37-32)35-39-34(40-41-35)26-14-17-42(18-15-26)21-23-7-9-25(10-8-23)33-28(24-5-3-2-4-6-24)19-29-30(38-33)13-16-36-31(29)22-43/h2-13,16,19-20,22,26,31,36H,14-15,17-18,21H2,1H3,(H,39,40,41). The Hall–Kier alpha value is -5.15. The van der Waals surface area contributed by atoms with Crippen LogP contribution in [-0.2, 0) is 11.3 Å². The quantitative estimate of drug-likeness (QED) is 0.221. The second-order valence-electron chi connectivity index (χ2n) is 11.2. The van der Waals surface area contributed by atoms with Crippen molar-refractivity contribution in [3.8, 4) is 39.7 Å². The molecule has 2 aliphatic heterocycles. The molecule has 9 heteroatoms. The molecule has 1 unspecified atom stereocenters. The van der Waals surface area contributed by atoms with Gasteiger partial charge in [-0.2, -0.15) is 5.10 Å². The molecular formula is C35H33N7O2. The van der Waals surface area contributed by atoms with E-state index in [1.54, 1.807) is 19.5 Å². The number of aldehydes is 1. The molecule has 0 bridgehead atoms. The number of ether oxygens (including phenoxy) is 1. The molecule has 1 saturated heterocycles. The zero-order chi connectivity index (χ0) is 29.9. The largest absolute Gasteiger partial charge is 0.481 e. The molecule has 44 heavy (non-hydrogen) atoms. The number of benzene rings is 2. The molecule has 2 aliphatic rings. The zero-order valence-corrected chi connectivity index (χ0v) is 24.5. The molecule has 0 spiro atoms. The molecule has 3 aromatic heterocycles. The Balaban J connectivity index is 1.04. The summed E-state index contributed by atoms with van der Waals surface area (Å²) >= 11 is 0. The minimum atomic E-state index is -0.401. The third kappa shape index (κ3) is 5.61. The molecule has 0 radical (unpaired) electrons. The van der Waals surface area contributed by atoms with E-state index in [1.807, 2.05) is 36.4 Å². The van der Waals surface area contributed by atoms with Gasteiger partial charge in [0.1, 0.15) is 18.2 Å². The number of nitrogens with zero attached hydrogens (tertiary/aromatic N) is 5. The van der Waals surface area contributed by atoms with Crippen LogP contribution in [-0.4, -0.2) is 56.5 Å². The Labute approximate surface area is 256 Å². The molecule has 0 aliphatic carbocycles. The van der Waals surface area contributed by atoms with Crippen molar-refractivity contribution in [3.63, 3.8) is 0 Å². The molecule has 1 atom stereocenters. The monoisotopic (exact) mass is 583 g/mol. The van der Waals surface area contributed by atoms with Gasteiger partial charge in [-0.1, -0.05) is 54.6 Å². The van der Waals surface area contributed by atoms with Crippen LogP contribution in [0, 0.1) is 0 Å². The van der Waals surface area contributed by atoms with Crippen molar-refractivity contribution in [1.29, 1.82) is 0 Å². The van der Waals surface area contributed by atoms with Crippen molar-refractivity contribution in [2.45, 2.75) is 31.3 Å². The van der Waals surface area contributed by atoms with Gasteiger partial charge in [0.2, 0.25) is 5.88 Å². The summed E-state index contributed by atoms with van der Waals surface area (Å²) in [6.07, 6.45) is 8.45. The first kappa shape index (κ1) is 27.7. The summed E-state index contributed by atoms with van der Waals surface area (Å²) < 4.78 is 5.15. The lowest BCUT2D eigenvalue weighted by molar-refractivity contribution is -0.109. The lowest BCUT2D eigenvalue weighted by atomic mass is 9.93. The predicted molar refractivity (Wildman–Crippen MR) is 170 cm³/mol. The van der Waals surface area contributed by atoms with E-state index in [4.69, 9.17) is 14.7 Å². The highest BCUT2D eigenvalue weighted by atomic mass is 16.5. The van der Waals surface area contributed by atoms with E-state index < -0.39 is 6.04 Å². The maximum absolute atomic E-state index is 11.7. The van der Waals surface area contributed by atoms with Gasteiger partial charge in [0.05, 0.1) is 18.5 Å². The SMILES string of the molecule is COc1ccc(-c2n[nH]c(C3CCN(Cc4ccc(-c5nc6c(cc5-c5ccccc5)C(C=O)NC=C6)cc4)CC3)n2)cn1. The fourth-order valence-corrected chi connectivity index (χ4v) is 6.03. The molecule has 0 amide bonds. The third-order valence-electron chi connectivity index (χ3n) is 8.47. The van der Waals surface area contributed by atoms with Crippen molar-refractivity contribution in [1.82, 2.24) is 35.4 Å². The number of pyridine rings is 2. The van der Waals surface area contributed by atoms with Gasteiger partial charge in [-0.25, -0.2) is 15.0 Å². The number of likely N-dealkylation sites (tertiary alicyclic amines) is 1. The van der Waals surface area contributed by atoms with Crippen LogP contribution in [0.3, 0.4) is 0 Å². The average Bonchev–Trinajstić information content (AvgIpc) is 3.59. The van der Waals surface area contributed by atoms with Crippen LogP contribution in [0.4, 0.5) is 0 Å². The summed E-state index contributed by atoms with van der Waals surface area (Å²) in [5.74, 6) is 2.53. The van der Waals surface area contributed by atoms with E-state index in [2.05, 4.69) is 67.9 Å². The molecule has 5 aromatic rings. The summed E-state index contributed by atoms with van der Waals surface area (Å²) in [5.41, 5.74) is 7.91. The number of H-pyrrole nitrogens is 1. The number of hydrogen-bond acceptors (Lipinski definition) is 8. The Kier molecular flexibility index (Phi) is 7.69. The molecule has 5 heterocycles. The molecule has 7 rings (SSSR count). The summed E-state index contributed by atoms with van der Waals surface area (Å²) in [6.45, 7) is 2.88. The van der Waals surface area contributed by atoms with Crippen molar-refractivity contribution < 1.29 is 9.53 Å². The normalized spacial score (nSPS) is 16.7. The number of rotatable bonds is 8. The van der Waals surface area contributed by atoms with Gasteiger partial charge < -0.3 is 14.8 Å². The van der Waals surface area contributed by atoms with Gasteiger partial charge in [0.15, 0.2) is 5.82 Å². The van der Waals surface area contributed by atoms with E-state index in [0.717, 1.165) is 83.8 Å². The van der Waals surface area contributed by atoms with Gasteiger partial charge in [0.25, 0.3) is 0 Å².